The Morgan fingerprint density at radius 3 is 2.64 bits per heavy atom. The van der Waals surface area contributed by atoms with Gasteiger partial charge in [0, 0.05) is 15.8 Å². The Balaban J connectivity index is 1.66. The van der Waals surface area contributed by atoms with Crippen LogP contribution in [0.15, 0.2) is 30.3 Å². The molecule has 1 nitrogen and oxygen atoms in total. The van der Waals surface area contributed by atoms with Crippen LogP contribution in [0.2, 0.25) is 0 Å². The van der Waals surface area contributed by atoms with E-state index in [2.05, 4.69) is 18.3 Å². The van der Waals surface area contributed by atoms with Crippen molar-refractivity contribution in [3.8, 4) is 0 Å². The Morgan fingerprint density at radius 1 is 1.23 bits per heavy atom. The third-order valence-electron chi connectivity index (χ3n) is 4.07. The Morgan fingerprint density at radius 2 is 1.95 bits per heavy atom. The zero-order valence-corrected chi connectivity index (χ0v) is 13.2. The number of hydrogen-bond donors (Lipinski definition) is 1. The van der Waals surface area contributed by atoms with Gasteiger partial charge < -0.3 is 5.32 Å². The van der Waals surface area contributed by atoms with Crippen LogP contribution in [0.25, 0.3) is 0 Å². The minimum atomic E-state index is -4.26. The van der Waals surface area contributed by atoms with Crippen molar-refractivity contribution < 1.29 is 13.2 Å². The molecule has 1 unspecified atom stereocenters. The highest BCUT2D eigenvalue weighted by Gasteiger charge is 2.30. The minimum Gasteiger partial charge on any atom is -0.309 e. The van der Waals surface area contributed by atoms with Crippen LogP contribution in [0.4, 0.5) is 13.2 Å². The Hall–Kier alpha value is -1.33. The smallest absolute Gasteiger partial charge is 0.309 e. The highest BCUT2D eigenvalue weighted by Crippen LogP contribution is 2.34. The van der Waals surface area contributed by atoms with Gasteiger partial charge in [0.25, 0.3) is 0 Å². The summed E-state index contributed by atoms with van der Waals surface area (Å²) in [4.78, 5) is 2.73. The van der Waals surface area contributed by atoms with Gasteiger partial charge in [0.2, 0.25) is 0 Å². The molecule has 0 bridgehead atoms. The number of thiophene rings is 1. The van der Waals surface area contributed by atoms with Crippen LogP contribution >= 0.6 is 11.3 Å². The van der Waals surface area contributed by atoms with Crippen LogP contribution in [0, 0.1) is 6.92 Å². The lowest BCUT2D eigenvalue weighted by molar-refractivity contribution is -0.137. The molecule has 3 rings (SSSR count). The van der Waals surface area contributed by atoms with E-state index < -0.39 is 11.7 Å². The van der Waals surface area contributed by atoms with Crippen molar-refractivity contribution in [1.82, 2.24) is 5.32 Å². The van der Waals surface area contributed by atoms with Gasteiger partial charge in [-0.05, 0) is 62.1 Å². The summed E-state index contributed by atoms with van der Waals surface area (Å²) in [7, 11) is 0. The van der Waals surface area contributed by atoms with Gasteiger partial charge in [0.1, 0.15) is 0 Å². The summed E-state index contributed by atoms with van der Waals surface area (Å²) in [6.07, 6.45) is -1.49. The molecular weight excluding hydrogens is 307 g/mol. The van der Waals surface area contributed by atoms with E-state index in [0.717, 1.165) is 31.4 Å². The molecule has 22 heavy (non-hydrogen) atoms. The van der Waals surface area contributed by atoms with Crippen LogP contribution < -0.4 is 5.32 Å². The molecule has 0 radical (unpaired) electrons. The maximum Gasteiger partial charge on any atom is 0.416 e. The lowest BCUT2D eigenvalue weighted by Crippen LogP contribution is -2.28. The first-order chi connectivity index (χ1) is 10.4. The maximum atomic E-state index is 12.6. The Bertz CT molecular complexity index is 643. The van der Waals surface area contributed by atoms with E-state index in [0.29, 0.717) is 6.04 Å². The molecule has 0 saturated carbocycles. The summed E-state index contributed by atoms with van der Waals surface area (Å²) in [5.74, 6) is 0. The van der Waals surface area contributed by atoms with Crippen LogP contribution in [0.3, 0.4) is 0 Å². The van der Waals surface area contributed by atoms with Gasteiger partial charge >= 0.3 is 6.18 Å². The molecule has 1 aliphatic heterocycles. The zero-order valence-electron chi connectivity index (χ0n) is 12.3. The van der Waals surface area contributed by atoms with Gasteiger partial charge in [0.05, 0.1) is 5.56 Å². The van der Waals surface area contributed by atoms with Gasteiger partial charge in [0.15, 0.2) is 0 Å². The van der Waals surface area contributed by atoms with Crippen LogP contribution in [0.5, 0.6) is 0 Å². The van der Waals surface area contributed by atoms with Crippen molar-refractivity contribution in [2.75, 3.05) is 6.54 Å². The molecule has 1 N–H and O–H groups in total. The lowest BCUT2D eigenvalue weighted by atomic mass is 9.97. The van der Waals surface area contributed by atoms with E-state index >= 15 is 0 Å². The predicted molar refractivity (Wildman–Crippen MR) is 83.3 cm³/mol. The first-order valence-corrected chi connectivity index (χ1v) is 8.24. The van der Waals surface area contributed by atoms with Gasteiger partial charge in [-0.25, -0.2) is 0 Å². The molecule has 1 atom stereocenters. The molecule has 2 heterocycles. The molecule has 2 aromatic rings. The standard InChI is InChI=1S/C17H18F3NS/c1-11-10-13-8-9-21-15(16(13)22-11)7-4-12-2-5-14(6-3-12)17(18,19)20/h2-3,5-6,10,15,21H,4,7-9H2,1H3. The van der Waals surface area contributed by atoms with Crippen LogP contribution in [0.1, 0.15) is 38.9 Å². The van der Waals surface area contributed by atoms with E-state index in [1.54, 1.807) is 12.1 Å². The fourth-order valence-electron chi connectivity index (χ4n) is 2.95. The fourth-order valence-corrected chi connectivity index (χ4v) is 4.14. The average molecular weight is 325 g/mol. The summed E-state index contributed by atoms with van der Waals surface area (Å²) in [5, 5.41) is 3.52. The number of alkyl halides is 3. The van der Waals surface area contributed by atoms with Gasteiger partial charge in [-0.1, -0.05) is 12.1 Å². The molecule has 0 saturated heterocycles. The summed E-state index contributed by atoms with van der Waals surface area (Å²) in [6.45, 7) is 3.09. The maximum absolute atomic E-state index is 12.6. The van der Waals surface area contributed by atoms with Gasteiger partial charge in [-0.2, -0.15) is 13.2 Å². The van der Waals surface area contributed by atoms with E-state index in [1.165, 1.54) is 27.5 Å². The molecule has 1 aliphatic rings. The molecular formula is C17H18F3NS. The Labute approximate surface area is 132 Å². The number of benzene rings is 1. The number of halogens is 3. The quantitative estimate of drug-likeness (QED) is 0.847. The molecule has 0 aliphatic carbocycles. The monoisotopic (exact) mass is 325 g/mol. The van der Waals surface area contributed by atoms with Gasteiger partial charge in [-0.15, -0.1) is 11.3 Å². The number of hydrogen-bond acceptors (Lipinski definition) is 2. The largest absolute Gasteiger partial charge is 0.416 e. The van der Waals surface area contributed by atoms with Crippen molar-refractivity contribution in [1.29, 1.82) is 0 Å². The zero-order chi connectivity index (χ0) is 15.7. The summed E-state index contributed by atoms with van der Waals surface area (Å²) < 4.78 is 37.7. The van der Waals surface area contributed by atoms with Crippen LogP contribution in [-0.2, 0) is 19.0 Å². The number of aryl methyl sites for hydroxylation is 2. The second-order valence-corrected chi connectivity index (χ2v) is 7.02. The summed E-state index contributed by atoms with van der Waals surface area (Å²) >= 11 is 1.83. The van der Waals surface area contributed by atoms with E-state index in [9.17, 15) is 13.2 Å². The lowest BCUT2D eigenvalue weighted by Gasteiger charge is -2.24. The number of rotatable bonds is 3. The molecule has 0 amide bonds. The minimum absolute atomic E-state index is 0.324. The first kappa shape index (κ1) is 15.6. The van der Waals surface area contributed by atoms with Crippen molar-refractivity contribution in [3.63, 3.8) is 0 Å². The van der Waals surface area contributed by atoms with Crippen molar-refractivity contribution in [3.05, 3.63) is 56.8 Å². The van der Waals surface area contributed by atoms with Crippen molar-refractivity contribution in [2.24, 2.45) is 0 Å². The second kappa shape index (κ2) is 6.05. The molecule has 0 fully saturated rings. The third kappa shape index (κ3) is 3.36. The topological polar surface area (TPSA) is 12.0 Å². The Kier molecular flexibility index (Phi) is 4.28. The normalized spacial score (nSPS) is 18.3. The van der Waals surface area contributed by atoms with Crippen molar-refractivity contribution >= 4 is 11.3 Å². The molecule has 1 aromatic heterocycles. The highest BCUT2D eigenvalue weighted by atomic mass is 32.1. The van der Waals surface area contributed by atoms with Gasteiger partial charge in [-0.3, -0.25) is 0 Å². The molecule has 5 heteroatoms. The average Bonchev–Trinajstić information content (AvgIpc) is 2.85. The highest BCUT2D eigenvalue weighted by molar-refractivity contribution is 7.12. The SMILES string of the molecule is Cc1cc2c(s1)C(CCc1ccc(C(F)(F)F)cc1)NCC2. The number of nitrogens with one attached hydrogen (secondary N) is 1. The second-order valence-electron chi connectivity index (χ2n) is 5.74. The van der Waals surface area contributed by atoms with E-state index in [4.69, 9.17) is 0 Å². The fraction of sp³-hybridized carbons (Fsp3) is 0.412. The van der Waals surface area contributed by atoms with E-state index in [-0.39, 0.29) is 0 Å². The molecule has 0 spiro atoms. The third-order valence-corrected chi connectivity index (χ3v) is 5.28. The molecule has 118 valence electrons. The number of fused-ring (bicyclic) bond motifs is 1. The summed E-state index contributed by atoms with van der Waals surface area (Å²) in [6, 6.07) is 8.10. The van der Waals surface area contributed by atoms with Crippen LogP contribution in [-0.4, -0.2) is 6.54 Å². The van der Waals surface area contributed by atoms with E-state index in [1.807, 2.05) is 11.3 Å². The predicted octanol–water partition coefficient (Wildman–Crippen LogP) is 4.89. The van der Waals surface area contributed by atoms with Crippen molar-refractivity contribution in [2.45, 2.75) is 38.4 Å². The summed E-state index contributed by atoms with van der Waals surface area (Å²) in [5.41, 5.74) is 1.80. The molecule has 1 aromatic carbocycles. The first-order valence-electron chi connectivity index (χ1n) is 7.42.